The van der Waals surface area contributed by atoms with Gasteiger partial charge in [0.1, 0.15) is 0 Å². The molecular formula is C15H18N2. The van der Waals surface area contributed by atoms with E-state index in [1.54, 1.807) is 0 Å². The zero-order chi connectivity index (χ0) is 11.9. The first-order valence-corrected chi connectivity index (χ1v) is 6.12. The van der Waals surface area contributed by atoms with Gasteiger partial charge in [0.2, 0.25) is 0 Å². The monoisotopic (exact) mass is 226 g/mol. The fourth-order valence-electron chi connectivity index (χ4n) is 1.82. The molecule has 0 radical (unpaired) electrons. The Hall–Kier alpha value is -1.67. The van der Waals surface area contributed by atoms with Gasteiger partial charge in [-0.2, -0.15) is 0 Å². The molecule has 0 aliphatic rings. The van der Waals surface area contributed by atoms with Crippen molar-refractivity contribution in [2.24, 2.45) is 0 Å². The minimum atomic E-state index is 0.914. The predicted molar refractivity (Wildman–Crippen MR) is 73.9 cm³/mol. The molecular weight excluding hydrogens is 208 g/mol. The normalized spacial score (nSPS) is 11.4. The van der Waals surface area contributed by atoms with Gasteiger partial charge in [-0.25, -0.2) is 0 Å². The van der Waals surface area contributed by atoms with Crippen LogP contribution < -0.4 is 5.32 Å². The predicted octanol–water partition coefficient (Wildman–Crippen LogP) is 3.25. The number of rotatable bonds is 5. The van der Waals surface area contributed by atoms with Crippen molar-refractivity contribution in [2.45, 2.75) is 13.3 Å². The molecule has 0 saturated carbocycles. The molecule has 0 aliphatic carbocycles. The topological polar surface area (TPSA) is 24.9 Å². The summed E-state index contributed by atoms with van der Waals surface area (Å²) in [4.78, 5) is 4.26. The second-order valence-corrected chi connectivity index (χ2v) is 4.06. The van der Waals surface area contributed by atoms with E-state index in [-0.39, 0.29) is 0 Å². The van der Waals surface area contributed by atoms with Crippen LogP contribution in [0.15, 0.2) is 42.7 Å². The number of nitrogens with zero attached hydrogens (tertiary/aromatic N) is 1. The van der Waals surface area contributed by atoms with E-state index in [2.05, 4.69) is 47.6 Å². The van der Waals surface area contributed by atoms with Gasteiger partial charge in [-0.3, -0.25) is 4.98 Å². The molecule has 0 aliphatic heterocycles. The molecule has 2 heteroatoms. The van der Waals surface area contributed by atoms with Gasteiger partial charge in [0, 0.05) is 29.9 Å². The zero-order valence-electron chi connectivity index (χ0n) is 10.2. The van der Waals surface area contributed by atoms with Crippen molar-refractivity contribution in [3.05, 3.63) is 48.3 Å². The SMILES string of the molecule is CCCNC/C=C/c1cncc2ccccc12. The van der Waals surface area contributed by atoms with Crippen LogP contribution in [0.1, 0.15) is 18.9 Å². The van der Waals surface area contributed by atoms with Crippen LogP contribution in [0.3, 0.4) is 0 Å². The number of hydrogen-bond donors (Lipinski definition) is 1. The van der Waals surface area contributed by atoms with Crippen LogP contribution in [0.5, 0.6) is 0 Å². The lowest BCUT2D eigenvalue weighted by Crippen LogP contribution is -2.13. The Labute approximate surface area is 102 Å². The Morgan fingerprint density at radius 1 is 1.24 bits per heavy atom. The number of pyridine rings is 1. The Bertz CT molecular complexity index is 498. The number of aromatic nitrogens is 1. The summed E-state index contributed by atoms with van der Waals surface area (Å²) in [5.74, 6) is 0. The van der Waals surface area contributed by atoms with Crippen molar-refractivity contribution < 1.29 is 0 Å². The van der Waals surface area contributed by atoms with Crippen molar-refractivity contribution in [1.82, 2.24) is 10.3 Å². The maximum absolute atomic E-state index is 4.26. The summed E-state index contributed by atoms with van der Waals surface area (Å²) in [6.07, 6.45) is 9.28. The van der Waals surface area contributed by atoms with Gasteiger partial charge in [0.15, 0.2) is 0 Å². The number of nitrogens with one attached hydrogen (secondary N) is 1. The second-order valence-electron chi connectivity index (χ2n) is 4.06. The lowest BCUT2D eigenvalue weighted by molar-refractivity contribution is 0.730. The Morgan fingerprint density at radius 3 is 3.00 bits per heavy atom. The minimum absolute atomic E-state index is 0.914. The second kappa shape index (κ2) is 6.16. The van der Waals surface area contributed by atoms with Crippen LogP contribution in [0, 0.1) is 0 Å². The summed E-state index contributed by atoms with van der Waals surface area (Å²) >= 11 is 0. The van der Waals surface area contributed by atoms with Crippen LogP contribution in [0.4, 0.5) is 0 Å². The fourth-order valence-corrected chi connectivity index (χ4v) is 1.82. The third kappa shape index (κ3) is 3.14. The first-order chi connectivity index (χ1) is 8.42. The zero-order valence-corrected chi connectivity index (χ0v) is 10.2. The van der Waals surface area contributed by atoms with Gasteiger partial charge in [-0.1, -0.05) is 43.3 Å². The summed E-state index contributed by atoms with van der Waals surface area (Å²) in [7, 11) is 0. The largest absolute Gasteiger partial charge is 0.313 e. The lowest BCUT2D eigenvalue weighted by Gasteiger charge is -2.01. The minimum Gasteiger partial charge on any atom is -0.313 e. The smallest absolute Gasteiger partial charge is 0.0346 e. The highest BCUT2D eigenvalue weighted by Gasteiger charge is 1.96. The Kier molecular flexibility index (Phi) is 4.28. The maximum atomic E-state index is 4.26. The molecule has 0 bridgehead atoms. The van der Waals surface area contributed by atoms with Crippen molar-refractivity contribution in [3.63, 3.8) is 0 Å². The van der Waals surface area contributed by atoms with Crippen molar-refractivity contribution in [3.8, 4) is 0 Å². The van der Waals surface area contributed by atoms with Crippen molar-refractivity contribution in [1.29, 1.82) is 0 Å². The molecule has 1 aromatic heterocycles. The van der Waals surface area contributed by atoms with E-state index in [0.29, 0.717) is 0 Å². The highest BCUT2D eigenvalue weighted by Crippen LogP contribution is 2.17. The fraction of sp³-hybridized carbons (Fsp3) is 0.267. The van der Waals surface area contributed by atoms with Crippen molar-refractivity contribution >= 4 is 16.8 Å². The molecule has 88 valence electrons. The number of fused-ring (bicyclic) bond motifs is 1. The van der Waals surface area contributed by atoms with Gasteiger partial charge in [0.25, 0.3) is 0 Å². The molecule has 0 spiro atoms. The van der Waals surface area contributed by atoms with E-state index < -0.39 is 0 Å². The molecule has 1 aromatic carbocycles. The van der Waals surface area contributed by atoms with Crippen LogP contribution in [0.25, 0.3) is 16.8 Å². The third-order valence-corrected chi connectivity index (χ3v) is 2.69. The molecule has 0 unspecified atom stereocenters. The third-order valence-electron chi connectivity index (χ3n) is 2.69. The van der Waals surface area contributed by atoms with E-state index in [4.69, 9.17) is 0 Å². The Balaban J connectivity index is 2.13. The number of hydrogen-bond acceptors (Lipinski definition) is 2. The van der Waals surface area contributed by atoms with E-state index in [9.17, 15) is 0 Å². The highest BCUT2D eigenvalue weighted by atomic mass is 14.8. The molecule has 2 aromatic rings. The standard InChI is InChI=1S/C15H18N2/c1-2-9-16-10-5-7-14-12-17-11-13-6-3-4-8-15(13)14/h3-8,11-12,16H,2,9-10H2,1H3/b7-5+. The van der Waals surface area contributed by atoms with E-state index in [1.807, 2.05) is 18.5 Å². The first kappa shape index (κ1) is 11.8. The summed E-state index contributed by atoms with van der Waals surface area (Å²) in [6.45, 7) is 4.15. The average Bonchev–Trinajstić information content (AvgIpc) is 2.39. The van der Waals surface area contributed by atoms with Gasteiger partial charge in [-0.15, -0.1) is 0 Å². The highest BCUT2D eigenvalue weighted by molar-refractivity contribution is 5.89. The van der Waals surface area contributed by atoms with Gasteiger partial charge in [0.05, 0.1) is 0 Å². The molecule has 1 heterocycles. The summed E-state index contributed by atoms with van der Waals surface area (Å²) in [5.41, 5.74) is 1.18. The molecule has 2 nitrogen and oxygen atoms in total. The van der Waals surface area contributed by atoms with E-state index in [0.717, 1.165) is 13.1 Å². The van der Waals surface area contributed by atoms with Crippen LogP contribution in [-0.2, 0) is 0 Å². The summed E-state index contributed by atoms with van der Waals surface area (Å²) in [6, 6.07) is 8.33. The van der Waals surface area contributed by atoms with Crippen LogP contribution in [-0.4, -0.2) is 18.1 Å². The van der Waals surface area contributed by atoms with E-state index in [1.165, 1.54) is 22.8 Å². The van der Waals surface area contributed by atoms with Crippen molar-refractivity contribution in [2.75, 3.05) is 13.1 Å². The molecule has 17 heavy (non-hydrogen) atoms. The molecule has 2 rings (SSSR count). The summed E-state index contributed by atoms with van der Waals surface area (Å²) in [5, 5.41) is 5.80. The first-order valence-electron chi connectivity index (χ1n) is 6.12. The average molecular weight is 226 g/mol. The lowest BCUT2D eigenvalue weighted by atomic mass is 10.1. The molecule has 0 fully saturated rings. The Morgan fingerprint density at radius 2 is 2.12 bits per heavy atom. The van der Waals surface area contributed by atoms with Gasteiger partial charge >= 0.3 is 0 Å². The number of benzene rings is 1. The maximum Gasteiger partial charge on any atom is 0.0346 e. The van der Waals surface area contributed by atoms with Crippen LogP contribution >= 0.6 is 0 Å². The van der Waals surface area contributed by atoms with Gasteiger partial charge < -0.3 is 5.32 Å². The summed E-state index contributed by atoms with van der Waals surface area (Å²) < 4.78 is 0. The molecule has 0 atom stereocenters. The molecule has 0 saturated heterocycles. The quantitative estimate of drug-likeness (QED) is 0.792. The molecule has 1 N–H and O–H groups in total. The van der Waals surface area contributed by atoms with Crippen LogP contribution in [0.2, 0.25) is 0 Å². The van der Waals surface area contributed by atoms with E-state index >= 15 is 0 Å². The van der Waals surface area contributed by atoms with Gasteiger partial charge in [-0.05, 0) is 18.4 Å². The molecule has 0 amide bonds.